The van der Waals surface area contributed by atoms with Crippen molar-refractivity contribution in [1.82, 2.24) is 4.98 Å². The van der Waals surface area contributed by atoms with Crippen LogP contribution in [0.2, 0.25) is 0 Å². The molecule has 2 aromatic rings. The second kappa shape index (κ2) is 7.14. The lowest BCUT2D eigenvalue weighted by molar-refractivity contribution is 0.0698. The van der Waals surface area contributed by atoms with Crippen LogP contribution in [0.4, 0.5) is 5.82 Å². The predicted molar refractivity (Wildman–Crippen MR) is 84.8 cm³/mol. The molecule has 106 valence electrons. The monoisotopic (exact) mass is 290 g/mol. The molecule has 0 aliphatic heterocycles. The third kappa shape index (κ3) is 3.42. The normalized spacial score (nSPS) is 10.7. The molecule has 0 aliphatic carbocycles. The van der Waals surface area contributed by atoms with Crippen molar-refractivity contribution in [3.05, 3.63) is 36.0 Å². The highest BCUT2D eigenvalue weighted by Crippen LogP contribution is 2.24. The molecule has 2 rings (SSSR count). The topological polar surface area (TPSA) is 62.2 Å². The van der Waals surface area contributed by atoms with Gasteiger partial charge in [-0.05, 0) is 24.9 Å². The van der Waals surface area contributed by atoms with E-state index in [1.807, 2.05) is 36.0 Å². The molecule has 0 amide bonds. The van der Waals surface area contributed by atoms with Crippen LogP contribution in [0.1, 0.15) is 23.2 Å². The molecule has 0 bridgehead atoms. The quantitative estimate of drug-likeness (QED) is 0.764. The Hall–Kier alpha value is -1.75. The number of nitrogens with one attached hydrogen (secondary N) is 1. The first kappa shape index (κ1) is 14.7. The van der Waals surface area contributed by atoms with Gasteiger partial charge >= 0.3 is 5.97 Å². The standard InChI is InChI=1S/C15H18N2O2S/c1-20-9-5-4-8-16-14-12-7-3-2-6-11(12)13(10-17-14)15(18)19/h2-3,6-7,10H,4-5,8-9H2,1H3,(H,16,17)(H,18,19). The lowest BCUT2D eigenvalue weighted by atomic mass is 10.1. The van der Waals surface area contributed by atoms with Crippen molar-refractivity contribution in [1.29, 1.82) is 0 Å². The Morgan fingerprint density at radius 1 is 1.30 bits per heavy atom. The van der Waals surface area contributed by atoms with Gasteiger partial charge in [-0.3, -0.25) is 0 Å². The Labute approximate surface area is 122 Å². The minimum absolute atomic E-state index is 0.244. The third-order valence-corrected chi connectivity index (χ3v) is 3.79. The van der Waals surface area contributed by atoms with Gasteiger partial charge in [-0.1, -0.05) is 24.3 Å². The highest BCUT2D eigenvalue weighted by atomic mass is 32.2. The van der Waals surface area contributed by atoms with Gasteiger partial charge in [0.15, 0.2) is 0 Å². The van der Waals surface area contributed by atoms with Gasteiger partial charge in [0.2, 0.25) is 0 Å². The van der Waals surface area contributed by atoms with Crippen LogP contribution >= 0.6 is 11.8 Å². The van der Waals surface area contributed by atoms with Crippen LogP contribution in [0.3, 0.4) is 0 Å². The summed E-state index contributed by atoms with van der Waals surface area (Å²) >= 11 is 1.85. The zero-order valence-electron chi connectivity index (χ0n) is 11.4. The number of anilines is 1. The van der Waals surface area contributed by atoms with Crippen LogP contribution in [0, 0.1) is 0 Å². The second-order valence-corrected chi connectivity index (χ2v) is 5.48. The van der Waals surface area contributed by atoms with Gasteiger partial charge in [0.1, 0.15) is 5.82 Å². The summed E-state index contributed by atoms with van der Waals surface area (Å²) in [6.45, 7) is 0.851. The minimum atomic E-state index is -0.944. The summed E-state index contributed by atoms with van der Waals surface area (Å²) in [6, 6.07) is 7.46. The molecular formula is C15H18N2O2S. The maximum atomic E-state index is 11.2. The van der Waals surface area contributed by atoms with E-state index in [0.717, 1.165) is 35.3 Å². The molecule has 0 spiro atoms. The summed E-state index contributed by atoms with van der Waals surface area (Å²) in [5.74, 6) is 0.975. The number of fused-ring (bicyclic) bond motifs is 1. The van der Waals surface area contributed by atoms with E-state index >= 15 is 0 Å². The van der Waals surface area contributed by atoms with Gasteiger partial charge < -0.3 is 10.4 Å². The van der Waals surface area contributed by atoms with Gasteiger partial charge in [0.05, 0.1) is 5.56 Å². The van der Waals surface area contributed by atoms with E-state index in [2.05, 4.69) is 16.6 Å². The molecule has 20 heavy (non-hydrogen) atoms. The van der Waals surface area contributed by atoms with E-state index in [4.69, 9.17) is 0 Å². The Balaban J connectivity index is 2.18. The first-order chi connectivity index (χ1) is 9.74. The number of benzene rings is 1. The summed E-state index contributed by atoms with van der Waals surface area (Å²) in [7, 11) is 0. The van der Waals surface area contributed by atoms with Crippen molar-refractivity contribution >= 4 is 34.3 Å². The molecule has 0 saturated carbocycles. The molecule has 0 aliphatic rings. The number of aromatic nitrogens is 1. The van der Waals surface area contributed by atoms with E-state index < -0.39 is 5.97 Å². The molecule has 0 saturated heterocycles. The van der Waals surface area contributed by atoms with Crippen molar-refractivity contribution < 1.29 is 9.90 Å². The van der Waals surface area contributed by atoms with Crippen molar-refractivity contribution in [3.8, 4) is 0 Å². The van der Waals surface area contributed by atoms with Gasteiger partial charge in [0.25, 0.3) is 0 Å². The van der Waals surface area contributed by atoms with E-state index in [1.54, 1.807) is 0 Å². The first-order valence-electron chi connectivity index (χ1n) is 6.58. The molecule has 1 aromatic heterocycles. The number of carboxylic acid groups (broad SMARTS) is 1. The first-order valence-corrected chi connectivity index (χ1v) is 7.97. The molecule has 1 heterocycles. The largest absolute Gasteiger partial charge is 0.478 e. The summed E-state index contributed by atoms with van der Waals surface area (Å²) in [6.07, 6.45) is 5.78. The number of thioether (sulfide) groups is 1. The van der Waals surface area contributed by atoms with Crippen LogP contribution in [0.15, 0.2) is 30.5 Å². The van der Waals surface area contributed by atoms with Gasteiger partial charge in [-0.25, -0.2) is 9.78 Å². The zero-order valence-corrected chi connectivity index (χ0v) is 12.2. The molecular weight excluding hydrogens is 272 g/mol. The summed E-state index contributed by atoms with van der Waals surface area (Å²) < 4.78 is 0. The lowest BCUT2D eigenvalue weighted by Crippen LogP contribution is -2.06. The van der Waals surface area contributed by atoms with E-state index in [0.29, 0.717) is 0 Å². The number of hydrogen-bond acceptors (Lipinski definition) is 4. The molecule has 0 radical (unpaired) electrons. The highest BCUT2D eigenvalue weighted by Gasteiger charge is 2.11. The number of rotatable bonds is 7. The third-order valence-electron chi connectivity index (χ3n) is 3.09. The van der Waals surface area contributed by atoms with Crippen LogP contribution in [0.5, 0.6) is 0 Å². The highest BCUT2D eigenvalue weighted by molar-refractivity contribution is 7.98. The Morgan fingerprint density at radius 3 is 2.75 bits per heavy atom. The van der Waals surface area contributed by atoms with E-state index in [1.165, 1.54) is 12.6 Å². The Morgan fingerprint density at radius 2 is 2.05 bits per heavy atom. The number of carbonyl (C=O) groups is 1. The van der Waals surface area contributed by atoms with Crippen molar-refractivity contribution in [2.45, 2.75) is 12.8 Å². The summed E-state index contributed by atoms with van der Waals surface area (Å²) in [4.78, 5) is 15.4. The average Bonchev–Trinajstić information content (AvgIpc) is 2.46. The second-order valence-electron chi connectivity index (χ2n) is 4.50. The molecule has 0 unspecified atom stereocenters. The van der Waals surface area contributed by atoms with Crippen LogP contribution in [-0.2, 0) is 0 Å². The van der Waals surface area contributed by atoms with Crippen LogP contribution in [-0.4, -0.2) is 34.6 Å². The fraction of sp³-hybridized carbons (Fsp3) is 0.333. The number of aromatic carboxylic acids is 1. The molecule has 0 atom stereocenters. The van der Waals surface area contributed by atoms with E-state index in [9.17, 15) is 9.90 Å². The number of hydrogen-bond donors (Lipinski definition) is 2. The number of unbranched alkanes of at least 4 members (excludes halogenated alkanes) is 1. The number of nitrogens with zero attached hydrogens (tertiary/aromatic N) is 1. The van der Waals surface area contributed by atoms with Crippen molar-refractivity contribution in [2.24, 2.45) is 0 Å². The maximum absolute atomic E-state index is 11.2. The fourth-order valence-corrected chi connectivity index (χ4v) is 2.57. The van der Waals surface area contributed by atoms with Gasteiger partial charge in [0, 0.05) is 23.5 Å². The summed E-state index contributed by atoms with van der Waals surface area (Å²) in [5.41, 5.74) is 0.244. The Bertz CT molecular complexity index is 601. The smallest absolute Gasteiger partial charge is 0.337 e. The molecule has 1 aromatic carbocycles. The Kier molecular flexibility index (Phi) is 5.24. The molecule has 5 heteroatoms. The van der Waals surface area contributed by atoms with Gasteiger partial charge in [-0.2, -0.15) is 11.8 Å². The van der Waals surface area contributed by atoms with Crippen LogP contribution in [0.25, 0.3) is 10.8 Å². The number of pyridine rings is 1. The van der Waals surface area contributed by atoms with Crippen LogP contribution < -0.4 is 5.32 Å². The maximum Gasteiger partial charge on any atom is 0.337 e. The molecule has 2 N–H and O–H groups in total. The molecule has 4 nitrogen and oxygen atoms in total. The number of carboxylic acids is 1. The van der Waals surface area contributed by atoms with E-state index in [-0.39, 0.29) is 5.56 Å². The SMILES string of the molecule is CSCCCCNc1ncc(C(=O)O)c2ccccc12. The summed E-state index contributed by atoms with van der Waals surface area (Å²) in [5, 5.41) is 14.1. The van der Waals surface area contributed by atoms with Gasteiger partial charge in [-0.15, -0.1) is 0 Å². The minimum Gasteiger partial charge on any atom is -0.478 e. The van der Waals surface area contributed by atoms with Crippen molar-refractivity contribution in [2.75, 3.05) is 23.9 Å². The average molecular weight is 290 g/mol. The van der Waals surface area contributed by atoms with Crippen molar-refractivity contribution in [3.63, 3.8) is 0 Å². The molecule has 0 fully saturated rings. The lowest BCUT2D eigenvalue weighted by Gasteiger charge is -2.10. The zero-order chi connectivity index (χ0) is 14.4. The fourth-order valence-electron chi connectivity index (χ4n) is 2.08. The predicted octanol–water partition coefficient (Wildman–Crippen LogP) is 3.49.